The van der Waals surface area contributed by atoms with E-state index in [1.54, 1.807) is 0 Å². The molecule has 4 saturated carbocycles. The molecule has 2 amide bonds. The lowest BCUT2D eigenvalue weighted by molar-refractivity contribution is -0.139. The fraction of sp³-hybridized carbons (Fsp3) is 0.579. The van der Waals surface area contributed by atoms with Gasteiger partial charge in [-0.2, -0.15) is 0 Å². The smallest absolute Gasteiger partial charge is 0.313 e. The Labute approximate surface area is 156 Å². The second-order valence-corrected chi connectivity index (χ2v) is 9.31. The highest BCUT2D eigenvalue weighted by molar-refractivity contribution is 14.1. The molecular weight excluding hydrogens is 415 g/mol. The van der Waals surface area contributed by atoms with E-state index in [0.29, 0.717) is 5.69 Å². The topological polar surface area (TPSA) is 58.2 Å². The van der Waals surface area contributed by atoms with Crippen LogP contribution in [-0.4, -0.2) is 17.4 Å². The Bertz CT molecular complexity index is 665. The number of hydrogen-bond acceptors (Lipinski definition) is 2. The van der Waals surface area contributed by atoms with Crippen LogP contribution in [0.3, 0.4) is 0 Å². The molecule has 5 rings (SSSR count). The van der Waals surface area contributed by atoms with Gasteiger partial charge in [0.2, 0.25) is 0 Å². The number of anilines is 1. The van der Waals surface area contributed by atoms with Crippen LogP contribution in [0.2, 0.25) is 0 Å². The Balaban J connectivity index is 1.43. The minimum atomic E-state index is -0.546. The summed E-state index contributed by atoms with van der Waals surface area (Å²) in [5.41, 5.74) is 1.56. The second kappa shape index (κ2) is 6.00. The lowest BCUT2D eigenvalue weighted by atomic mass is 9.53. The number of halogens is 1. The van der Waals surface area contributed by atoms with Crippen molar-refractivity contribution in [1.29, 1.82) is 0 Å². The van der Waals surface area contributed by atoms with E-state index >= 15 is 0 Å². The number of amides is 2. The van der Waals surface area contributed by atoms with Gasteiger partial charge < -0.3 is 10.6 Å². The summed E-state index contributed by atoms with van der Waals surface area (Å²) in [6.07, 6.45) is 7.14. The van der Waals surface area contributed by atoms with Gasteiger partial charge >= 0.3 is 11.8 Å². The van der Waals surface area contributed by atoms with Crippen molar-refractivity contribution in [3.8, 4) is 0 Å². The largest absolute Gasteiger partial charge is 0.342 e. The van der Waals surface area contributed by atoms with Crippen LogP contribution in [0.25, 0.3) is 0 Å². The molecule has 4 aliphatic rings. The highest BCUT2D eigenvalue weighted by Crippen LogP contribution is 2.55. The molecule has 128 valence electrons. The zero-order valence-corrected chi connectivity index (χ0v) is 16.1. The molecule has 0 spiro atoms. The zero-order valence-electron chi connectivity index (χ0n) is 13.9. The van der Waals surface area contributed by atoms with Gasteiger partial charge in [0.25, 0.3) is 0 Å². The highest BCUT2D eigenvalue weighted by Gasteiger charge is 2.51. The molecule has 0 saturated heterocycles. The number of rotatable bonds is 2. The van der Waals surface area contributed by atoms with E-state index in [0.717, 1.165) is 46.1 Å². The zero-order chi connectivity index (χ0) is 16.9. The van der Waals surface area contributed by atoms with E-state index in [9.17, 15) is 9.59 Å². The summed E-state index contributed by atoms with van der Waals surface area (Å²) in [5, 5.41) is 5.89. The van der Waals surface area contributed by atoms with E-state index in [2.05, 4.69) is 33.2 Å². The third-order valence-corrected chi connectivity index (χ3v) is 6.73. The molecule has 1 aromatic carbocycles. The van der Waals surface area contributed by atoms with E-state index in [1.807, 2.05) is 25.1 Å². The molecule has 0 unspecified atom stereocenters. The number of nitrogens with one attached hydrogen (secondary N) is 2. The molecular formula is C19H23IN2O2. The van der Waals surface area contributed by atoms with Gasteiger partial charge in [0.05, 0.1) is 0 Å². The maximum Gasteiger partial charge on any atom is 0.313 e. The van der Waals surface area contributed by atoms with Crippen LogP contribution in [0, 0.1) is 28.2 Å². The van der Waals surface area contributed by atoms with Crippen LogP contribution in [0.1, 0.15) is 44.1 Å². The number of carbonyl (C=O) groups excluding carboxylic acids is 2. The molecule has 0 heterocycles. The third-order valence-electron chi connectivity index (χ3n) is 6.06. The summed E-state index contributed by atoms with van der Waals surface area (Å²) in [6.45, 7) is 1.94. The molecule has 0 aliphatic heterocycles. The minimum absolute atomic E-state index is 0.121. The van der Waals surface area contributed by atoms with Crippen molar-refractivity contribution in [3.63, 3.8) is 0 Å². The molecule has 4 nitrogen and oxygen atoms in total. The molecule has 0 atom stereocenters. The highest BCUT2D eigenvalue weighted by atomic mass is 127. The molecule has 2 N–H and O–H groups in total. The van der Waals surface area contributed by atoms with Crippen molar-refractivity contribution < 1.29 is 9.59 Å². The summed E-state index contributed by atoms with van der Waals surface area (Å²) < 4.78 is 1.11. The molecule has 4 aliphatic carbocycles. The van der Waals surface area contributed by atoms with Crippen LogP contribution in [0.4, 0.5) is 5.69 Å². The maximum absolute atomic E-state index is 12.5. The summed E-state index contributed by atoms with van der Waals surface area (Å²) >= 11 is 2.23. The summed E-state index contributed by atoms with van der Waals surface area (Å²) in [6, 6.07) is 5.78. The normalized spacial score (nSPS) is 33.3. The van der Waals surface area contributed by atoms with Crippen molar-refractivity contribution in [2.45, 2.75) is 51.0 Å². The Kier molecular flexibility index (Phi) is 4.09. The van der Waals surface area contributed by atoms with Crippen molar-refractivity contribution in [2.24, 2.45) is 17.8 Å². The van der Waals surface area contributed by atoms with Crippen LogP contribution >= 0.6 is 22.6 Å². The van der Waals surface area contributed by atoms with E-state index in [1.165, 1.54) is 19.3 Å². The summed E-state index contributed by atoms with van der Waals surface area (Å²) in [7, 11) is 0. The Morgan fingerprint density at radius 1 is 1.04 bits per heavy atom. The predicted octanol–water partition coefficient (Wildman–Crippen LogP) is 3.62. The summed E-state index contributed by atoms with van der Waals surface area (Å²) in [5.74, 6) is 1.22. The van der Waals surface area contributed by atoms with E-state index < -0.39 is 11.8 Å². The van der Waals surface area contributed by atoms with Gasteiger partial charge in [-0.25, -0.2) is 0 Å². The number of benzene rings is 1. The number of hydrogen-bond donors (Lipinski definition) is 2. The van der Waals surface area contributed by atoms with E-state index in [-0.39, 0.29) is 5.54 Å². The number of carbonyl (C=O) groups is 2. The average molecular weight is 438 g/mol. The minimum Gasteiger partial charge on any atom is -0.342 e. The fourth-order valence-electron chi connectivity index (χ4n) is 5.51. The first kappa shape index (κ1) is 16.4. The van der Waals surface area contributed by atoms with Gasteiger partial charge in [0.15, 0.2) is 0 Å². The monoisotopic (exact) mass is 438 g/mol. The first-order valence-electron chi connectivity index (χ1n) is 8.82. The summed E-state index contributed by atoms with van der Waals surface area (Å²) in [4.78, 5) is 24.8. The fourth-order valence-corrected chi connectivity index (χ4v) is 6.15. The standard InChI is InChI=1S/C19H23IN2O2/c1-11-4-15(20)2-3-16(11)21-17(23)18(24)22-19-8-12-5-13(9-19)7-14(6-12)10-19/h2-4,12-14H,5-10H2,1H3,(H,21,23)(H,22,24). The quantitative estimate of drug-likeness (QED) is 0.548. The van der Waals surface area contributed by atoms with Gasteiger partial charge in [-0.15, -0.1) is 0 Å². The van der Waals surface area contributed by atoms with Crippen LogP contribution < -0.4 is 10.6 Å². The lowest BCUT2D eigenvalue weighted by Crippen LogP contribution is -2.61. The molecule has 4 fully saturated rings. The van der Waals surface area contributed by atoms with Crippen molar-refractivity contribution >= 4 is 40.1 Å². The van der Waals surface area contributed by atoms with Crippen molar-refractivity contribution in [2.75, 3.05) is 5.32 Å². The van der Waals surface area contributed by atoms with Crippen molar-refractivity contribution in [1.82, 2.24) is 5.32 Å². The predicted molar refractivity (Wildman–Crippen MR) is 102 cm³/mol. The van der Waals surface area contributed by atoms with Crippen molar-refractivity contribution in [3.05, 3.63) is 27.3 Å². The van der Waals surface area contributed by atoms with Gasteiger partial charge in [-0.3, -0.25) is 9.59 Å². The SMILES string of the molecule is Cc1cc(I)ccc1NC(=O)C(=O)NC12CC3CC(CC(C3)C1)C2. The van der Waals surface area contributed by atoms with Gasteiger partial charge in [0.1, 0.15) is 0 Å². The molecule has 0 aromatic heterocycles. The molecule has 1 aromatic rings. The molecule has 5 heteroatoms. The van der Waals surface area contributed by atoms with Crippen LogP contribution in [0.15, 0.2) is 18.2 Å². The average Bonchev–Trinajstić information content (AvgIpc) is 2.48. The first-order valence-corrected chi connectivity index (χ1v) is 9.90. The first-order chi connectivity index (χ1) is 11.4. The molecule has 4 bridgehead atoms. The van der Waals surface area contributed by atoms with Crippen LogP contribution in [-0.2, 0) is 9.59 Å². The maximum atomic E-state index is 12.5. The van der Waals surface area contributed by atoms with Gasteiger partial charge in [0, 0.05) is 14.8 Å². The van der Waals surface area contributed by atoms with E-state index in [4.69, 9.17) is 0 Å². The van der Waals surface area contributed by atoms with Gasteiger partial charge in [-0.1, -0.05) is 0 Å². The van der Waals surface area contributed by atoms with Gasteiger partial charge in [-0.05, 0) is 110 Å². The lowest BCUT2D eigenvalue weighted by Gasteiger charge is -2.56. The second-order valence-electron chi connectivity index (χ2n) is 8.07. The molecule has 0 radical (unpaired) electrons. The molecule has 24 heavy (non-hydrogen) atoms. The Morgan fingerprint density at radius 3 is 2.17 bits per heavy atom. The Morgan fingerprint density at radius 2 is 1.62 bits per heavy atom. The van der Waals surface area contributed by atoms with Crippen LogP contribution in [0.5, 0.6) is 0 Å². The Hall–Kier alpha value is -1.11. The third kappa shape index (κ3) is 3.07. The number of aryl methyl sites for hydroxylation is 1.